The van der Waals surface area contributed by atoms with Gasteiger partial charge in [0.05, 0.1) is 7.11 Å². The van der Waals surface area contributed by atoms with Crippen LogP contribution in [0.15, 0.2) is 24.3 Å². The van der Waals surface area contributed by atoms with Gasteiger partial charge in [-0.1, -0.05) is 26.8 Å². The van der Waals surface area contributed by atoms with Crippen molar-refractivity contribution in [2.45, 2.75) is 27.2 Å². The van der Waals surface area contributed by atoms with Crippen molar-refractivity contribution in [3.05, 3.63) is 35.6 Å². The summed E-state index contributed by atoms with van der Waals surface area (Å²) in [5.74, 6) is 0.0581. The molecule has 0 saturated carbocycles. The number of phenols is 1. The van der Waals surface area contributed by atoms with Gasteiger partial charge in [0.1, 0.15) is 5.75 Å². The number of ether oxygens (including phenoxy) is 1. The Balaban J connectivity index is 0.000000771. The summed E-state index contributed by atoms with van der Waals surface area (Å²) in [6.45, 7) is 5.96. The first-order valence-electron chi connectivity index (χ1n) is 6.15. The lowest BCUT2D eigenvalue weighted by Gasteiger charge is -2.11. The molecule has 0 unspecified atom stereocenters. The number of fused-ring (bicyclic) bond motifs is 1. The summed E-state index contributed by atoms with van der Waals surface area (Å²) in [5.41, 5.74) is 0.881. The minimum absolute atomic E-state index is 0.193. The molecule has 98 valence electrons. The molecule has 0 fully saturated rings. The predicted molar refractivity (Wildman–Crippen MR) is 72.8 cm³/mol. The number of hydrogen-bond acceptors (Lipinski definition) is 2. The van der Waals surface area contributed by atoms with Gasteiger partial charge in [-0.05, 0) is 35.6 Å². The average molecular weight is 250 g/mol. The topological polar surface area (TPSA) is 29.5 Å². The van der Waals surface area contributed by atoms with E-state index in [-0.39, 0.29) is 17.3 Å². The smallest absolute Gasteiger partial charge is 0.165 e. The van der Waals surface area contributed by atoms with E-state index in [1.54, 1.807) is 18.2 Å². The van der Waals surface area contributed by atoms with E-state index < -0.39 is 0 Å². The Morgan fingerprint density at radius 1 is 1.22 bits per heavy atom. The van der Waals surface area contributed by atoms with Crippen molar-refractivity contribution in [3.8, 4) is 11.5 Å². The molecule has 0 heterocycles. The molecule has 0 aromatic heterocycles. The lowest BCUT2D eigenvalue weighted by Crippen LogP contribution is -1.93. The van der Waals surface area contributed by atoms with E-state index in [4.69, 9.17) is 4.74 Å². The fourth-order valence-electron chi connectivity index (χ4n) is 1.95. The molecule has 2 nitrogen and oxygen atoms in total. The van der Waals surface area contributed by atoms with E-state index in [0.29, 0.717) is 6.42 Å². The summed E-state index contributed by atoms with van der Waals surface area (Å²) < 4.78 is 18.6. The second-order valence-electron chi connectivity index (χ2n) is 3.64. The molecule has 0 bridgehead atoms. The zero-order chi connectivity index (χ0) is 13.7. The van der Waals surface area contributed by atoms with E-state index in [0.717, 1.165) is 16.3 Å². The summed E-state index contributed by atoms with van der Waals surface area (Å²) in [4.78, 5) is 0. The monoisotopic (exact) mass is 250 g/mol. The van der Waals surface area contributed by atoms with Gasteiger partial charge >= 0.3 is 0 Å². The number of aromatic hydroxyl groups is 1. The standard InChI is InChI=1S/C13H13FO2.C2H6/c1-3-8-6-10(15)7-9-4-5-11(14)13(16-2)12(8)9;1-2/h4-7,15H,3H2,1-2H3;1-2H3. The van der Waals surface area contributed by atoms with Gasteiger partial charge < -0.3 is 9.84 Å². The van der Waals surface area contributed by atoms with Crippen molar-refractivity contribution in [2.24, 2.45) is 0 Å². The lowest BCUT2D eigenvalue weighted by molar-refractivity contribution is 0.391. The highest BCUT2D eigenvalue weighted by Gasteiger charge is 2.12. The molecule has 2 rings (SSSR count). The number of aryl methyl sites for hydroxylation is 1. The maximum Gasteiger partial charge on any atom is 0.165 e. The van der Waals surface area contributed by atoms with Crippen molar-refractivity contribution >= 4 is 10.8 Å². The predicted octanol–water partition coefficient (Wildman–Crippen LogP) is 4.28. The van der Waals surface area contributed by atoms with Gasteiger partial charge in [-0.3, -0.25) is 0 Å². The molecule has 0 aliphatic heterocycles. The zero-order valence-electron chi connectivity index (χ0n) is 11.2. The molecule has 0 aliphatic rings. The fraction of sp³-hybridized carbons (Fsp3) is 0.333. The maximum absolute atomic E-state index is 13.5. The Morgan fingerprint density at radius 2 is 1.89 bits per heavy atom. The summed E-state index contributed by atoms with van der Waals surface area (Å²) in [6, 6.07) is 6.24. The van der Waals surface area contributed by atoms with E-state index in [9.17, 15) is 9.50 Å². The minimum Gasteiger partial charge on any atom is -0.508 e. The normalized spacial score (nSPS) is 9.83. The van der Waals surface area contributed by atoms with Crippen LogP contribution < -0.4 is 4.74 Å². The van der Waals surface area contributed by atoms with E-state index in [1.807, 2.05) is 20.8 Å². The van der Waals surface area contributed by atoms with E-state index in [1.165, 1.54) is 13.2 Å². The Kier molecular flexibility index (Phi) is 4.95. The molecule has 1 N–H and O–H groups in total. The summed E-state index contributed by atoms with van der Waals surface area (Å²) in [5, 5.41) is 11.1. The Labute approximate surface area is 107 Å². The second kappa shape index (κ2) is 6.24. The molecular weight excluding hydrogens is 231 g/mol. The molecule has 0 spiro atoms. The number of methoxy groups -OCH3 is 1. The van der Waals surface area contributed by atoms with Gasteiger partial charge in [0.25, 0.3) is 0 Å². The van der Waals surface area contributed by atoms with Crippen LogP contribution in [0.1, 0.15) is 26.3 Å². The summed E-state index contributed by atoms with van der Waals surface area (Å²) in [6.07, 6.45) is 0.713. The molecule has 2 aromatic rings. The van der Waals surface area contributed by atoms with Crippen LogP contribution in [0, 0.1) is 5.82 Å². The SMILES string of the molecule is CC.CCc1cc(O)cc2ccc(F)c(OC)c12. The average Bonchev–Trinajstić information content (AvgIpc) is 2.40. The van der Waals surface area contributed by atoms with Crippen molar-refractivity contribution in [1.29, 1.82) is 0 Å². The fourth-order valence-corrected chi connectivity index (χ4v) is 1.95. The van der Waals surface area contributed by atoms with E-state index in [2.05, 4.69) is 0 Å². The molecule has 0 amide bonds. The summed E-state index contributed by atoms with van der Waals surface area (Å²) >= 11 is 0. The van der Waals surface area contributed by atoms with Gasteiger partial charge in [-0.2, -0.15) is 0 Å². The van der Waals surface area contributed by atoms with Gasteiger partial charge in [-0.15, -0.1) is 0 Å². The Bertz CT molecular complexity index is 535. The third-order valence-electron chi connectivity index (χ3n) is 2.67. The third-order valence-corrected chi connectivity index (χ3v) is 2.67. The molecule has 2 aromatic carbocycles. The molecule has 18 heavy (non-hydrogen) atoms. The number of halogens is 1. The van der Waals surface area contributed by atoms with Crippen LogP contribution in [-0.2, 0) is 6.42 Å². The van der Waals surface area contributed by atoms with Crippen LogP contribution >= 0.6 is 0 Å². The first-order valence-corrected chi connectivity index (χ1v) is 6.15. The van der Waals surface area contributed by atoms with Crippen molar-refractivity contribution in [2.75, 3.05) is 7.11 Å². The minimum atomic E-state index is -0.379. The third kappa shape index (κ3) is 2.55. The van der Waals surface area contributed by atoms with Gasteiger partial charge in [-0.25, -0.2) is 4.39 Å². The molecule has 0 atom stereocenters. The molecule has 0 radical (unpaired) electrons. The van der Waals surface area contributed by atoms with Gasteiger partial charge in [0.15, 0.2) is 11.6 Å². The van der Waals surface area contributed by atoms with Gasteiger partial charge in [0.2, 0.25) is 0 Å². The van der Waals surface area contributed by atoms with E-state index >= 15 is 0 Å². The first kappa shape index (κ1) is 14.3. The highest BCUT2D eigenvalue weighted by atomic mass is 19.1. The van der Waals surface area contributed by atoms with Crippen LogP contribution in [0.5, 0.6) is 11.5 Å². The van der Waals surface area contributed by atoms with Crippen LogP contribution in [0.4, 0.5) is 4.39 Å². The largest absolute Gasteiger partial charge is 0.508 e. The molecule has 0 aliphatic carbocycles. The quantitative estimate of drug-likeness (QED) is 0.862. The second-order valence-corrected chi connectivity index (χ2v) is 3.64. The molecular formula is C15H19FO2. The van der Waals surface area contributed by atoms with Crippen LogP contribution in [0.3, 0.4) is 0 Å². The van der Waals surface area contributed by atoms with Crippen molar-refractivity contribution in [1.82, 2.24) is 0 Å². The Morgan fingerprint density at radius 3 is 2.44 bits per heavy atom. The highest BCUT2D eigenvalue weighted by molar-refractivity contribution is 5.92. The zero-order valence-corrected chi connectivity index (χ0v) is 11.2. The maximum atomic E-state index is 13.5. The van der Waals surface area contributed by atoms with Crippen LogP contribution in [0.2, 0.25) is 0 Å². The molecule has 3 heteroatoms. The number of rotatable bonds is 2. The number of benzene rings is 2. The number of phenolic OH excluding ortho intramolecular Hbond substituents is 1. The van der Waals surface area contributed by atoms with Gasteiger partial charge in [0, 0.05) is 5.39 Å². The molecule has 0 saturated heterocycles. The summed E-state index contributed by atoms with van der Waals surface area (Å²) in [7, 11) is 1.45. The van der Waals surface area contributed by atoms with Crippen molar-refractivity contribution < 1.29 is 14.2 Å². The van der Waals surface area contributed by atoms with Crippen LogP contribution in [-0.4, -0.2) is 12.2 Å². The lowest BCUT2D eigenvalue weighted by atomic mass is 10.0. The van der Waals surface area contributed by atoms with Crippen molar-refractivity contribution in [3.63, 3.8) is 0 Å². The number of hydrogen-bond donors (Lipinski definition) is 1. The first-order chi connectivity index (χ1) is 8.67. The van der Waals surface area contributed by atoms with Crippen LogP contribution in [0.25, 0.3) is 10.8 Å². The highest BCUT2D eigenvalue weighted by Crippen LogP contribution is 2.34. The Hall–Kier alpha value is -1.77.